The van der Waals surface area contributed by atoms with Gasteiger partial charge in [0.05, 0.1) is 13.2 Å². The maximum Gasteiger partial charge on any atom is 0.139 e. The van der Waals surface area contributed by atoms with E-state index in [0.29, 0.717) is 6.61 Å². The number of benzene rings is 1. The lowest BCUT2D eigenvalue weighted by molar-refractivity contribution is 0.184. The van der Waals surface area contributed by atoms with E-state index < -0.39 is 0 Å². The fraction of sp³-hybridized carbons (Fsp3) is 0.400. The Labute approximate surface area is 80.0 Å². The number of aryl methyl sites for hydroxylation is 1. The first-order valence-electron chi connectivity index (χ1n) is 4.37. The van der Waals surface area contributed by atoms with Crippen LogP contribution in [0.2, 0.25) is 0 Å². The second-order valence-electron chi connectivity index (χ2n) is 3.30. The van der Waals surface area contributed by atoms with Gasteiger partial charge >= 0.3 is 0 Å². The van der Waals surface area contributed by atoms with Gasteiger partial charge in [0.25, 0.3) is 0 Å². The fourth-order valence-corrected chi connectivity index (χ4v) is 1.42. The molecule has 0 fully saturated rings. The molecule has 0 bridgehead atoms. The van der Waals surface area contributed by atoms with Gasteiger partial charge in [-0.15, -0.1) is 0 Å². The highest BCUT2D eigenvalue weighted by atomic mass is 16.5. The van der Waals surface area contributed by atoms with Crippen molar-refractivity contribution >= 4 is 13.3 Å². The lowest BCUT2D eigenvalue weighted by Gasteiger charge is -2.09. The van der Waals surface area contributed by atoms with E-state index >= 15 is 0 Å². The van der Waals surface area contributed by atoms with E-state index in [2.05, 4.69) is 6.07 Å². The third-order valence-corrected chi connectivity index (χ3v) is 2.26. The normalized spacial score (nSPS) is 10.4. The van der Waals surface area contributed by atoms with Crippen LogP contribution in [-0.2, 0) is 18.0 Å². The maximum atomic E-state index is 9.03. The highest BCUT2D eigenvalue weighted by molar-refractivity contribution is 6.33. The molecule has 2 nitrogen and oxygen atoms in total. The highest BCUT2D eigenvalue weighted by Crippen LogP contribution is 2.09. The van der Waals surface area contributed by atoms with Crippen LogP contribution < -0.4 is 5.46 Å². The van der Waals surface area contributed by atoms with Crippen LogP contribution in [0.3, 0.4) is 0 Å². The maximum absolute atomic E-state index is 9.03. The van der Waals surface area contributed by atoms with Crippen molar-refractivity contribution in [3.05, 3.63) is 28.8 Å². The van der Waals surface area contributed by atoms with Crippen molar-refractivity contribution < 1.29 is 9.84 Å². The molecule has 70 valence electrons. The molecule has 1 aromatic rings. The fourth-order valence-electron chi connectivity index (χ4n) is 1.42. The first-order chi connectivity index (χ1) is 6.19. The van der Waals surface area contributed by atoms with E-state index in [1.807, 2.05) is 20.8 Å². The zero-order chi connectivity index (χ0) is 9.84. The van der Waals surface area contributed by atoms with Crippen LogP contribution in [0.1, 0.15) is 16.7 Å². The summed E-state index contributed by atoms with van der Waals surface area (Å²) in [5.41, 5.74) is 4.49. The summed E-state index contributed by atoms with van der Waals surface area (Å²) < 4.78 is 5.07. The van der Waals surface area contributed by atoms with Gasteiger partial charge in [-0.2, -0.15) is 0 Å². The van der Waals surface area contributed by atoms with E-state index in [0.717, 1.165) is 11.0 Å². The molecule has 13 heavy (non-hydrogen) atoms. The molecular formula is C10H15BO2. The number of hydrogen-bond acceptors (Lipinski definition) is 2. The lowest BCUT2D eigenvalue weighted by Crippen LogP contribution is -2.13. The minimum absolute atomic E-state index is 0.111. The van der Waals surface area contributed by atoms with Crippen molar-refractivity contribution in [3.63, 3.8) is 0 Å². The highest BCUT2D eigenvalue weighted by Gasteiger charge is 2.02. The van der Waals surface area contributed by atoms with E-state index in [1.54, 1.807) is 7.11 Å². The van der Waals surface area contributed by atoms with Crippen LogP contribution >= 0.6 is 0 Å². The van der Waals surface area contributed by atoms with Gasteiger partial charge in [0.15, 0.2) is 0 Å². The average Bonchev–Trinajstić information content (AvgIpc) is 2.11. The second kappa shape index (κ2) is 4.44. The summed E-state index contributed by atoms with van der Waals surface area (Å²) in [6.45, 7) is 2.78. The summed E-state index contributed by atoms with van der Waals surface area (Å²) in [5, 5.41) is 9.03. The van der Waals surface area contributed by atoms with Gasteiger partial charge in [0, 0.05) is 7.11 Å². The minimum atomic E-state index is 0.111. The summed E-state index contributed by atoms with van der Waals surface area (Å²) in [4.78, 5) is 0. The van der Waals surface area contributed by atoms with Gasteiger partial charge in [0.2, 0.25) is 0 Å². The van der Waals surface area contributed by atoms with Crippen molar-refractivity contribution in [2.75, 3.05) is 7.11 Å². The molecule has 0 aliphatic carbocycles. The molecule has 0 aliphatic rings. The molecule has 3 heteroatoms. The first-order valence-corrected chi connectivity index (χ1v) is 4.37. The molecule has 0 saturated heterocycles. The van der Waals surface area contributed by atoms with Crippen molar-refractivity contribution in [1.29, 1.82) is 0 Å². The third-order valence-electron chi connectivity index (χ3n) is 2.26. The zero-order valence-electron chi connectivity index (χ0n) is 8.42. The van der Waals surface area contributed by atoms with Crippen LogP contribution in [0.4, 0.5) is 0 Å². The van der Waals surface area contributed by atoms with Crippen LogP contribution in [0.15, 0.2) is 12.1 Å². The topological polar surface area (TPSA) is 29.5 Å². The van der Waals surface area contributed by atoms with Crippen LogP contribution in [0.25, 0.3) is 0 Å². The quantitative estimate of drug-likeness (QED) is 0.654. The minimum Gasteiger partial charge on any atom is -0.392 e. The van der Waals surface area contributed by atoms with Crippen molar-refractivity contribution in [1.82, 2.24) is 0 Å². The van der Waals surface area contributed by atoms with E-state index in [4.69, 9.17) is 9.84 Å². The Morgan fingerprint density at radius 1 is 1.38 bits per heavy atom. The largest absolute Gasteiger partial charge is 0.392 e. The molecule has 1 N–H and O–H groups in total. The molecule has 0 saturated carbocycles. The molecule has 0 unspecified atom stereocenters. The molecular weight excluding hydrogens is 163 g/mol. The van der Waals surface area contributed by atoms with Crippen molar-refractivity contribution in [2.24, 2.45) is 0 Å². The number of hydrogen-bond donors (Lipinski definition) is 1. The first kappa shape index (κ1) is 10.3. The third kappa shape index (κ3) is 2.33. The van der Waals surface area contributed by atoms with E-state index in [1.165, 1.54) is 11.1 Å². The molecule has 0 aliphatic heterocycles. The van der Waals surface area contributed by atoms with Gasteiger partial charge < -0.3 is 9.84 Å². The molecule has 0 amide bonds. The Morgan fingerprint density at radius 2 is 2.08 bits per heavy atom. The smallest absolute Gasteiger partial charge is 0.139 e. The molecule has 0 spiro atoms. The summed E-state index contributed by atoms with van der Waals surface area (Å²) in [5.74, 6) is 0. The Kier molecular flexibility index (Phi) is 3.52. The number of ether oxygens (including phenoxy) is 1. The number of aliphatic hydroxyl groups excluding tert-OH is 1. The Hall–Kier alpha value is -0.795. The number of methoxy groups -OCH3 is 1. The standard InChI is InChI=1S/C10H15BO2/c1-7-3-8(5-12)10(11)4-9(7)6-13-2/h3-4,12H,5-6,11H2,1-2H3. The zero-order valence-corrected chi connectivity index (χ0v) is 8.42. The number of rotatable bonds is 3. The molecule has 0 radical (unpaired) electrons. The lowest BCUT2D eigenvalue weighted by atomic mass is 9.87. The van der Waals surface area contributed by atoms with Gasteiger partial charge in [-0.1, -0.05) is 17.6 Å². The Bertz CT molecular complexity index is 297. The Morgan fingerprint density at radius 3 is 2.62 bits per heavy atom. The molecule has 0 heterocycles. The van der Waals surface area contributed by atoms with E-state index in [-0.39, 0.29) is 6.61 Å². The van der Waals surface area contributed by atoms with Crippen LogP contribution in [-0.4, -0.2) is 20.1 Å². The van der Waals surface area contributed by atoms with E-state index in [9.17, 15) is 0 Å². The molecule has 1 rings (SSSR count). The van der Waals surface area contributed by atoms with Crippen molar-refractivity contribution in [3.8, 4) is 0 Å². The van der Waals surface area contributed by atoms with Crippen molar-refractivity contribution in [2.45, 2.75) is 20.1 Å². The molecule has 0 aromatic heterocycles. The Balaban J connectivity index is 3.05. The molecule has 1 aromatic carbocycles. The SMILES string of the molecule is Bc1cc(COC)c(C)cc1CO. The monoisotopic (exact) mass is 178 g/mol. The summed E-state index contributed by atoms with van der Waals surface area (Å²) in [6, 6.07) is 4.09. The van der Waals surface area contributed by atoms with Crippen LogP contribution in [0.5, 0.6) is 0 Å². The predicted octanol–water partition coefficient (Wildman–Crippen LogP) is -0.108. The van der Waals surface area contributed by atoms with Gasteiger partial charge in [-0.25, -0.2) is 0 Å². The van der Waals surface area contributed by atoms with Gasteiger partial charge in [-0.05, 0) is 23.6 Å². The summed E-state index contributed by atoms with van der Waals surface area (Å²) in [6.07, 6.45) is 0. The van der Waals surface area contributed by atoms with Gasteiger partial charge in [0.1, 0.15) is 7.85 Å². The van der Waals surface area contributed by atoms with Gasteiger partial charge in [-0.3, -0.25) is 0 Å². The second-order valence-corrected chi connectivity index (χ2v) is 3.30. The number of aliphatic hydroxyl groups is 1. The average molecular weight is 178 g/mol. The summed E-state index contributed by atoms with van der Waals surface area (Å²) in [7, 11) is 3.69. The summed E-state index contributed by atoms with van der Waals surface area (Å²) >= 11 is 0. The molecule has 0 atom stereocenters. The predicted molar refractivity (Wildman–Crippen MR) is 56.0 cm³/mol. The van der Waals surface area contributed by atoms with Crippen LogP contribution in [0, 0.1) is 6.92 Å².